The quantitative estimate of drug-likeness (QED) is 0.175. The van der Waals surface area contributed by atoms with E-state index in [0.717, 1.165) is 44.5 Å². The number of aryl methyl sites for hydroxylation is 2. The van der Waals surface area contributed by atoms with E-state index in [0.29, 0.717) is 11.4 Å². The molecule has 1 N–H and O–H groups in total. The predicted octanol–water partition coefficient (Wildman–Crippen LogP) is 12.0. The van der Waals surface area contributed by atoms with Gasteiger partial charge in [0, 0.05) is 62.3 Å². The molecule has 5 nitrogen and oxygen atoms in total. The molecule has 0 saturated heterocycles. The molecular formula is C48H45N4OPt-. The van der Waals surface area contributed by atoms with Crippen LogP contribution in [0.25, 0.3) is 72.5 Å². The molecule has 274 valence electrons. The zero-order chi connectivity index (χ0) is 37.2. The Morgan fingerprint density at radius 3 is 2.04 bits per heavy atom. The molecule has 3 aromatic heterocycles. The van der Waals surface area contributed by atoms with Crippen molar-refractivity contribution in [2.24, 2.45) is 7.05 Å². The third-order valence-electron chi connectivity index (χ3n) is 10.4. The Bertz CT molecular complexity index is 2650. The molecule has 0 spiro atoms. The molecule has 0 radical (unpaired) electrons. The fourth-order valence-corrected chi connectivity index (χ4v) is 7.42. The van der Waals surface area contributed by atoms with E-state index >= 15 is 0 Å². The number of aromatic nitrogens is 4. The first kappa shape index (κ1) is 37.1. The third-order valence-corrected chi connectivity index (χ3v) is 10.4. The number of imidazole rings is 1. The Morgan fingerprint density at radius 2 is 1.31 bits per heavy atom. The maximum atomic E-state index is 10.6. The molecule has 54 heavy (non-hydrogen) atoms. The van der Waals surface area contributed by atoms with Crippen molar-refractivity contribution in [1.82, 2.24) is 19.1 Å². The van der Waals surface area contributed by atoms with Gasteiger partial charge in [-0.3, -0.25) is 4.98 Å². The summed E-state index contributed by atoms with van der Waals surface area (Å²) in [5.74, 6) is 0.920. The van der Waals surface area contributed by atoms with Crippen molar-refractivity contribution in [1.29, 1.82) is 0 Å². The van der Waals surface area contributed by atoms with Crippen molar-refractivity contribution >= 4 is 21.9 Å². The van der Waals surface area contributed by atoms with Gasteiger partial charge in [-0.25, -0.2) is 4.98 Å². The van der Waals surface area contributed by atoms with Crippen LogP contribution in [0.2, 0.25) is 0 Å². The molecule has 0 amide bonds. The minimum atomic E-state index is 0. The molecule has 5 aromatic carbocycles. The summed E-state index contributed by atoms with van der Waals surface area (Å²) in [4.78, 5) is 9.90. The SMILES string of the molecule is Cc1cc2cccc(-c3ccnc(-c4[c-]c(-c5cccc6c5nc(-c5ccccc5O)n6C)ccc4)c3)c2n1-c1cc(C(C)(C)C)cc(C(C)(C)C)c1.[Pt]. The number of aromatic hydroxyl groups is 1. The fraction of sp³-hybridized carbons (Fsp3) is 0.208. The molecule has 0 aliphatic carbocycles. The van der Waals surface area contributed by atoms with Crippen LogP contribution in [-0.2, 0) is 38.9 Å². The fourth-order valence-electron chi connectivity index (χ4n) is 7.42. The smallest absolute Gasteiger partial charge is 0.143 e. The van der Waals surface area contributed by atoms with Gasteiger partial charge in [-0.15, -0.1) is 29.8 Å². The second-order valence-electron chi connectivity index (χ2n) is 16.2. The molecule has 8 aromatic rings. The van der Waals surface area contributed by atoms with E-state index in [1.54, 1.807) is 6.07 Å². The maximum absolute atomic E-state index is 10.6. The van der Waals surface area contributed by atoms with Crippen LogP contribution in [0.1, 0.15) is 58.4 Å². The van der Waals surface area contributed by atoms with Crippen LogP contribution in [0.4, 0.5) is 0 Å². The van der Waals surface area contributed by atoms with E-state index in [-0.39, 0.29) is 37.6 Å². The number of hydrogen-bond donors (Lipinski definition) is 1. The number of fused-ring (bicyclic) bond motifs is 2. The van der Waals surface area contributed by atoms with E-state index in [2.05, 4.69) is 144 Å². The summed E-state index contributed by atoms with van der Waals surface area (Å²) >= 11 is 0. The number of nitrogens with zero attached hydrogens (tertiary/aromatic N) is 4. The molecule has 0 saturated carbocycles. The van der Waals surface area contributed by atoms with Gasteiger partial charge in [0.05, 0.1) is 22.1 Å². The van der Waals surface area contributed by atoms with Crippen molar-refractivity contribution in [3.63, 3.8) is 0 Å². The van der Waals surface area contributed by atoms with Crippen molar-refractivity contribution in [3.8, 4) is 56.3 Å². The standard InChI is InChI=1S/C48H45N4O.Pt/c1-30-24-34-16-12-19-39(45(34)52(30)37-28-35(47(2,3)4)27-36(29-37)48(5,6)7)32-22-23-49-41(26-32)33-15-11-14-31(25-33)38-18-13-20-42-44(38)50-46(51(42)8)40-17-9-10-21-43(40)53;/h9-24,26-29,53H,1-8H3;/q-1;. The summed E-state index contributed by atoms with van der Waals surface area (Å²) in [5, 5.41) is 11.8. The van der Waals surface area contributed by atoms with E-state index in [9.17, 15) is 5.11 Å². The molecule has 8 rings (SSSR count). The zero-order valence-electron chi connectivity index (χ0n) is 32.1. The van der Waals surface area contributed by atoms with Crippen LogP contribution in [0, 0.1) is 13.0 Å². The summed E-state index contributed by atoms with van der Waals surface area (Å²) in [7, 11) is 1.99. The summed E-state index contributed by atoms with van der Waals surface area (Å²) < 4.78 is 4.46. The van der Waals surface area contributed by atoms with Crippen LogP contribution in [-0.4, -0.2) is 24.2 Å². The Morgan fingerprint density at radius 1 is 0.667 bits per heavy atom. The average molecular weight is 889 g/mol. The first-order valence-electron chi connectivity index (χ1n) is 18.3. The first-order chi connectivity index (χ1) is 25.3. The van der Waals surface area contributed by atoms with Crippen molar-refractivity contribution < 1.29 is 26.2 Å². The van der Waals surface area contributed by atoms with Gasteiger partial charge < -0.3 is 14.2 Å². The molecule has 3 heterocycles. The maximum Gasteiger partial charge on any atom is 0.143 e. The molecule has 0 aliphatic rings. The number of para-hydroxylation sites is 3. The van der Waals surface area contributed by atoms with Crippen LogP contribution in [0.15, 0.2) is 121 Å². The van der Waals surface area contributed by atoms with Gasteiger partial charge in [0.15, 0.2) is 0 Å². The van der Waals surface area contributed by atoms with Gasteiger partial charge in [-0.1, -0.05) is 107 Å². The summed E-state index contributed by atoms with van der Waals surface area (Å²) in [5.41, 5.74) is 14.7. The Hall–Kier alpha value is -5.25. The second kappa shape index (κ2) is 13.9. The monoisotopic (exact) mass is 888 g/mol. The Balaban J connectivity index is 0.00000450. The summed E-state index contributed by atoms with van der Waals surface area (Å²) in [6.07, 6.45) is 1.90. The number of phenols is 1. The second-order valence-corrected chi connectivity index (χ2v) is 16.2. The van der Waals surface area contributed by atoms with Gasteiger partial charge in [0.1, 0.15) is 11.6 Å². The number of pyridine rings is 1. The largest absolute Gasteiger partial charge is 0.507 e. The Labute approximate surface area is 332 Å². The normalized spacial score (nSPS) is 12.0. The van der Waals surface area contributed by atoms with E-state index in [1.807, 2.05) is 42.1 Å². The van der Waals surface area contributed by atoms with Crippen molar-refractivity contribution in [2.45, 2.75) is 59.3 Å². The van der Waals surface area contributed by atoms with Crippen LogP contribution >= 0.6 is 0 Å². The van der Waals surface area contributed by atoms with Crippen molar-refractivity contribution in [2.75, 3.05) is 0 Å². The topological polar surface area (TPSA) is 55.9 Å². The van der Waals surface area contributed by atoms with Crippen LogP contribution in [0.3, 0.4) is 0 Å². The number of hydrogen-bond acceptors (Lipinski definition) is 3. The van der Waals surface area contributed by atoms with E-state index in [4.69, 9.17) is 9.97 Å². The first-order valence-corrected chi connectivity index (χ1v) is 18.3. The van der Waals surface area contributed by atoms with Crippen LogP contribution in [0.5, 0.6) is 5.75 Å². The van der Waals surface area contributed by atoms with E-state index < -0.39 is 0 Å². The molecule has 0 bridgehead atoms. The van der Waals surface area contributed by atoms with Gasteiger partial charge in [-0.2, -0.15) is 0 Å². The molecular weight excluding hydrogens is 844 g/mol. The van der Waals surface area contributed by atoms with Crippen LogP contribution < -0.4 is 0 Å². The molecule has 0 fully saturated rings. The summed E-state index contributed by atoms with van der Waals surface area (Å²) in [6.45, 7) is 16.0. The average Bonchev–Trinajstić information content (AvgIpc) is 3.66. The Kier molecular flexibility index (Phi) is 9.52. The third kappa shape index (κ3) is 6.60. The molecule has 6 heteroatoms. The van der Waals surface area contributed by atoms with Gasteiger partial charge in [0.2, 0.25) is 0 Å². The van der Waals surface area contributed by atoms with Gasteiger partial charge in [0.25, 0.3) is 0 Å². The zero-order valence-corrected chi connectivity index (χ0v) is 34.4. The minimum absolute atomic E-state index is 0. The van der Waals surface area contributed by atoms with Gasteiger partial charge >= 0.3 is 0 Å². The number of rotatable bonds is 5. The minimum Gasteiger partial charge on any atom is -0.507 e. The van der Waals surface area contributed by atoms with E-state index in [1.165, 1.54) is 33.4 Å². The number of phenolic OH excluding ortho intramolecular Hbond substituents is 1. The predicted molar refractivity (Wildman–Crippen MR) is 220 cm³/mol. The van der Waals surface area contributed by atoms with Crippen molar-refractivity contribution in [3.05, 3.63) is 144 Å². The molecule has 0 aliphatic heterocycles. The molecule has 0 unspecified atom stereocenters. The summed E-state index contributed by atoms with van der Waals surface area (Å²) in [6, 6.07) is 43.7. The van der Waals surface area contributed by atoms with Gasteiger partial charge in [-0.05, 0) is 76.9 Å². The number of benzene rings is 5. The molecule has 0 atom stereocenters.